The van der Waals surface area contributed by atoms with Crippen molar-refractivity contribution in [3.63, 3.8) is 0 Å². The summed E-state index contributed by atoms with van der Waals surface area (Å²) in [5, 5.41) is 25.5. The van der Waals surface area contributed by atoms with Crippen LogP contribution in [0, 0.1) is 0 Å². The van der Waals surface area contributed by atoms with Gasteiger partial charge in [-0.1, -0.05) is 24.3 Å². The lowest BCUT2D eigenvalue weighted by Crippen LogP contribution is -2.23. The minimum Gasteiger partial charge on any atom is -0.390 e. The lowest BCUT2D eigenvalue weighted by atomic mass is 10.00. The first-order valence-electron chi connectivity index (χ1n) is 7.22. The molecular weight excluding hydrogens is 264 g/mol. The molecular formula is C17H20N2O2. The van der Waals surface area contributed by atoms with Gasteiger partial charge in [0.25, 0.3) is 0 Å². The number of benzene rings is 2. The van der Waals surface area contributed by atoms with Crippen LogP contribution in [0.2, 0.25) is 0 Å². The molecule has 1 aromatic heterocycles. The third kappa shape index (κ3) is 2.65. The molecule has 0 saturated heterocycles. The van der Waals surface area contributed by atoms with E-state index in [1.54, 1.807) is 0 Å². The normalized spacial score (nSPS) is 14.6. The van der Waals surface area contributed by atoms with E-state index >= 15 is 0 Å². The Morgan fingerprint density at radius 3 is 2.62 bits per heavy atom. The highest BCUT2D eigenvalue weighted by atomic mass is 16.3. The first-order chi connectivity index (χ1) is 10.2. The Morgan fingerprint density at radius 1 is 1.05 bits per heavy atom. The summed E-state index contributed by atoms with van der Waals surface area (Å²) in [7, 11) is 1.83. The second-order valence-electron chi connectivity index (χ2n) is 5.38. The third-order valence-corrected chi connectivity index (χ3v) is 3.93. The number of H-pyrrole nitrogens is 1. The van der Waals surface area contributed by atoms with E-state index in [0.717, 1.165) is 27.4 Å². The lowest BCUT2D eigenvalue weighted by molar-refractivity contribution is 0.0141. The van der Waals surface area contributed by atoms with E-state index in [1.165, 1.54) is 0 Å². The fraction of sp³-hybridized carbons (Fsp3) is 0.294. The van der Waals surface area contributed by atoms with E-state index < -0.39 is 12.2 Å². The summed E-state index contributed by atoms with van der Waals surface area (Å²) < 4.78 is 0. The van der Waals surface area contributed by atoms with Crippen molar-refractivity contribution >= 4 is 21.8 Å². The van der Waals surface area contributed by atoms with Gasteiger partial charge in [-0.3, -0.25) is 0 Å². The summed E-state index contributed by atoms with van der Waals surface area (Å²) in [4.78, 5) is 3.35. The van der Waals surface area contributed by atoms with Crippen molar-refractivity contribution in [3.05, 3.63) is 48.0 Å². The minimum absolute atomic E-state index is 0.517. The highest BCUT2D eigenvalue weighted by Crippen LogP contribution is 2.29. The predicted molar refractivity (Wildman–Crippen MR) is 85.3 cm³/mol. The Kier molecular flexibility index (Phi) is 3.92. The van der Waals surface area contributed by atoms with Gasteiger partial charge in [0.2, 0.25) is 0 Å². The molecule has 110 valence electrons. The average Bonchev–Trinajstić information content (AvgIpc) is 2.89. The largest absolute Gasteiger partial charge is 0.390 e. The number of para-hydroxylation sites is 1. The summed E-state index contributed by atoms with van der Waals surface area (Å²) in [5.74, 6) is 0. The molecule has 0 fully saturated rings. The Labute approximate surface area is 123 Å². The number of rotatable bonds is 5. The van der Waals surface area contributed by atoms with Crippen LogP contribution in [0.5, 0.6) is 0 Å². The van der Waals surface area contributed by atoms with Gasteiger partial charge >= 0.3 is 0 Å². The van der Waals surface area contributed by atoms with Gasteiger partial charge in [0.1, 0.15) is 6.10 Å². The number of aromatic nitrogens is 1. The van der Waals surface area contributed by atoms with Crippen molar-refractivity contribution in [2.24, 2.45) is 0 Å². The third-order valence-electron chi connectivity index (χ3n) is 3.93. The van der Waals surface area contributed by atoms with Crippen molar-refractivity contribution in [1.29, 1.82) is 0 Å². The van der Waals surface area contributed by atoms with Gasteiger partial charge in [0.15, 0.2) is 0 Å². The molecule has 1 heterocycles. The second-order valence-corrected chi connectivity index (χ2v) is 5.38. The molecule has 0 aliphatic rings. The SMILES string of the molecule is CNCCC(O)C(O)c1ccc2[nH]c3ccccc3c2c1. The number of hydrogen-bond donors (Lipinski definition) is 4. The van der Waals surface area contributed by atoms with Gasteiger partial charge in [-0.05, 0) is 43.8 Å². The summed E-state index contributed by atoms with van der Waals surface area (Å²) in [6.07, 6.45) is -1.11. The smallest absolute Gasteiger partial charge is 0.105 e. The zero-order chi connectivity index (χ0) is 14.8. The highest BCUT2D eigenvalue weighted by molar-refractivity contribution is 6.07. The maximum absolute atomic E-state index is 10.3. The maximum atomic E-state index is 10.3. The number of aromatic amines is 1. The van der Waals surface area contributed by atoms with Crippen molar-refractivity contribution in [2.45, 2.75) is 18.6 Å². The van der Waals surface area contributed by atoms with Crippen LogP contribution in [-0.4, -0.2) is 34.9 Å². The molecule has 21 heavy (non-hydrogen) atoms. The molecule has 0 radical (unpaired) electrons. The van der Waals surface area contributed by atoms with Crippen LogP contribution >= 0.6 is 0 Å². The van der Waals surface area contributed by atoms with Crippen LogP contribution in [0.25, 0.3) is 21.8 Å². The number of fused-ring (bicyclic) bond motifs is 3. The van der Waals surface area contributed by atoms with Crippen LogP contribution in [-0.2, 0) is 0 Å². The quantitative estimate of drug-likeness (QED) is 0.581. The summed E-state index contributed by atoms with van der Waals surface area (Å²) in [5.41, 5.74) is 2.86. The molecule has 0 aliphatic heterocycles. The van der Waals surface area contributed by atoms with Gasteiger partial charge in [-0.15, -0.1) is 0 Å². The number of hydrogen-bond acceptors (Lipinski definition) is 3. The molecule has 2 atom stereocenters. The van der Waals surface area contributed by atoms with Gasteiger partial charge in [0, 0.05) is 21.8 Å². The molecule has 4 heteroatoms. The Morgan fingerprint density at radius 2 is 1.81 bits per heavy atom. The topological polar surface area (TPSA) is 68.3 Å². The van der Waals surface area contributed by atoms with Crippen molar-refractivity contribution < 1.29 is 10.2 Å². The molecule has 0 bridgehead atoms. The monoisotopic (exact) mass is 284 g/mol. The molecule has 2 aromatic carbocycles. The Bertz CT molecular complexity index is 751. The van der Waals surface area contributed by atoms with E-state index in [9.17, 15) is 10.2 Å². The van der Waals surface area contributed by atoms with Crippen LogP contribution in [0.15, 0.2) is 42.5 Å². The molecule has 0 spiro atoms. The Hall–Kier alpha value is -1.88. The molecule has 3 aromatic rings. The molecule has 0 aliphatic carbocycles. The van der Waals surface area contributed by atoms with Gasteiger partial charge in [-0.2, -0.15) is 0 Å². The first kappa shape index (κ1) is 14.1. The zero-order valence-electron chi connectivity index (χ0n) is 12.0. The summed E-state index contributed by atoms with van der Waals surface area (Å²) in [6.45, 7) is 0.674. The fourth-order valence-corrected chi connectivity index (χ4v) is 2.72. The first-order valence-corrected chi connectivity index (χ1v) is 7.22. The van der Waals surface area contributed by atoms with Gasteiger partial charge in [0.05, 0.1) is 6.10 Å². The van der Waals surface area contributed by atoms with Crippen molar-refractivity contribution in [3.8, 4) is 0 Å². The molecule has 2 unspecified atom stereocenters. The van der Waals surface area contributed by atoms with Crippen LogP contribution in [0.4, 0.5) is 0 Å². The summed E-state index contributed by atoms with van der Waals surface area (Å²) in [6, 6.07) is 13.9. The zero-order valence-corrected chi connectivity index (χ0v) is 12.0. The molecule has 3 rings (SSSR count). The number of aliphatic hydroxyl groups is 2. The van der Waals surface area contributed by atoms with Gasteiger partial charge < -0.3 is 20.5 Å². The standard InChI is InChI=1S/C17H20N2O2/c1-18-9-8-16(20)17(21)11-6-7-15-13(10-11)12-4-2-3-5-14(12)19-15/h2-7,10,16-21H,8-9H2,1H3. The van der Waals surface area contributed by atoms with E-state index in [2.05, 4.69) is 16.4 Å². The molecule has 0 amide bonds. The van der Waals surface area contributed by atoms with E-state index in [-0.39, 0.29) is 0 Å². The highest BCUT2D eigenvalue weighted by Gasteiger charge is 2.18. The summed E-state index contributed by atoms with van der Waals surface area (Å²) >= 11 is 0. The van der Waals surface area contributed by atoms with Gasteiger partial charge in [-0.25, -0.2) is 0 Å². The lowest BCUT2D eigenvalue weighted by Gasteiger charge is -2.18. The van der Waals surface area contributed by atoms with E-state index in [0.29, 0.717) is 13.0 Å². The molecule has 4 N–H and O–H groups in total. The predicted octanol–water partition coefficient (Wildman–Crippen LogP) is 2.32. The minimum atomic E-state index is -0.864. The van der Waals surface area contributed by atoms with Crippen molar-refractivity contribution in [2.75, 3.05) is 13.6 Å². The average molecular weight is 284 g/mol. The second kappa shape index (κ2) is 5.85. The molecule has 0 saturated carbocycles. The van der Waals surface area contributed by atoms with Crippen molar-refractivity contribution in [1.82, 2.24) is 10.3 Å². The van der Waals surface area contributed by atoms with Crippen LogP contribution in [0.3, 0.4) is 0 Å². The fourth-order valence-electron chi connectivity index (χ4n) is 2.72. The molecule has 4 nitrogen and oxygen atoms in total. The van der Waals surface area contributed by atoms with Crippen LogP contribution < -0.4 is 5.32 Å². The Balaban J connectivity index is 1.98. The number of aliphatic hydroxyl groups excluding tert-OH is 2. The van der Waals surface area contributed by atoms with Crippen LogP contribution in [0.1, 0.15) is 18.1 Å². The van der Waals surface area contributed by atoms with E-state index in [1.807, 2.05) is 43.4 Å². The number of nitrogens with one attached hydrogen (secondary N) is 2. The maximum Gasteiger partial charge on any atom is 0.105 e. The van der Waals surface area contributed by atoms with E-state index in [4.69, 9.17) is 0 Å².